The lowest BCUT2D eigenvalue weighted by Crippen LogP contribution is -2.32. The van der Waals surface area contributed by atoms with E-state index in [0.29, 0.717) is 6.54 Å². The Morgan fingerprint density at radius 1 is 1.22 bits per heavy atom. The molecule has 1 aromatic rings. The SMILES string of the molecule is CCOCCCNCC(=O)Nc1ccccc1N1CCCCC1. The molecule has 1 aliphatic heterocycles. The van der Waals surface area contributed by atoms with Gasteiger partial charge in [0.15, 0.2) is 0 Å². The van der Waals surface area contributed by atoms with Gasteiger partial charge in [0.1, 0.15) is 0 Å². The molecule has 5 heteroatoms. The number of para-hydroxylation sites is 2. The second-order valence-corrected chi connectivity index (χ2v) is 5.84. The second-order valence-electron chi connectivity index (χ2n) is 5.84. The highest BCUT2D eigenvalue weighted by Crippen LogP contribution is 2.28. The molecule has 0 unspecified atom stereocenters. The van der Waals surface area contributed by atoms with Crippen molar-refractivity contribution in [2.45, 2.75) is 32.6 Å². The Kier molecular flexibility index (Phi) is 7.90. The number of hydrogen-bond donors (Lipinski definition) is 2. The summed E-state index contributed by atoms with van der Waals surface area (Å²) in [6, 6.07) is 8.08. The van der Waals surface area contributed by atoms with Gasteiger partial charge in [-0.1, -0.05) is 12.1 Å². The van der Waals surface area contributed by atoms with Crippen molar-refractivity contribution in [1.82, 2.24) is 5.32 Å². The molecule has 0 bridgehead atoms. The standard InChI is InChI=1S/C18H29N3O2/c1-2-23-14-8-11-19-15-18(22)20-16-9-4-5-10-17(16)21-12-6-3-7-13-21/h4-5,9-10,19H,2-3,6-8,11-15H2,1H3,(H,20,22). The van der Waals surface area contributed by atoms with E-state index in [1.165, 1.54) is 19.3 Å². The van der Waals surface area contributed by atoms with Crippen LogP contribution in [-0.4, -0.2) is 45.3 Å². The van der Waals surface area contributed by atoms with E-state index >= 15 is 0 Å². The number of hydrogen-bond acceptors (Lipinski definition) is 4. The fourth-order valence-corrected chi connectivity index (χ4v) is 2.83. The number of piperidine rings is 1. The van der Waals surface area contributed by atoms with Gasteiger partial charge in [0.25, 0.3) is 0 Å². The summed E-state index contributed by atoms with van der Waals surface area (Å²) < 4.78 is 5.27. The molecule has 0 aliphatic carbocycles. The molecule has 1 fully saturated rings. The molecule has 1 heterocycles. The molecule has 0 aromatic heterocycles. The van der Waals surface area contributed by atoms with Crippen LogP contribution in [0.3, 0.4) is 0 Å². The molecular weight excluding hydrogens is 290 g/mol. The van der Waals surface area contributed by atoms with E-state index in [1.807, 2.05) is 25.1 Å². The highest BCUT2D eigenvalue weighted by Gasteiger charge is 2.15. The van der Waals surface area contributed by atoms with Crippen LogP contribution in [0.25, 0.3) is 0 Å². The predicted molar refractivity (Wildman–Crippen MR) is 95.1 cm³/mol. The summed E-state index contributed by atoms with van der Waals surface area (Å²) in [5.41, 5.74) is 2.05. The van der Waals surface area contributed by atoms with Gasteiger partial charge in [-0.15, -0.1) is 0 Å². The predicted octanol–water partition coefficient (Wildman–Crippen LogP) is 2.63. The average molecular weight is 319 g/mol. The lowest BCUT2D eigenvalue weighted by Gasteiger charge is -2.30. The maximum absolute atomic E-state index is 12.1. The number of nitrogens with one attached hydrogen (secondary N) is 2. The number of carbonyl (C=O) groups is 1. The van der Waals surface area contributed by atoms with Crippen LogP contribution >= 0.6 is 0 Å². The summed E-state index contributed by atoms with van der Waals surface area (Å²) in [6.07, 6.45) is 4.68. The molecule has 2 rings (SSSR count). The minimum Gasteiger partial charge on any atom is -0.382 e. The second kappa shape index (κ2) is 10.2. The van der Waals surface area contributed by atoms with E-state index in [2.05, 4.69) is 21.6 Å². The van der Waals surface area contributed by atoms with Crippen LogP contribution in [0.2, 0.25) is 0 Å². The minimum absolute atomic E-state index is 0.00543. The number of amides is 1. The third-order valence-electron chi connectivity index (χ3n) is 4.01. The maximum atomic E-state index is 12.1. The first-order chi connectivity index (χ1) is 11.3. The number of anilines is 2. The molecule has 0 saturated carbocycles. The summed E-state index contributed by atoms with van der Waals surface area (Å²) in [7, 11) is 0. The monoisotopic (exact) mass is 319 g/mol. The first-order valence-corrected chi connectivity index (χ1v) is 8.73. The van der Waals surface area contributed by atoms with Crippen LogP contribution in [0.1, 0.15) is 32.6 Å². The van der Waals surface area contributed by atoms with Crippen molar-refractivity contribution in [3.8, 4) is 0 Å². The third-order valence-corrected chi connectivity index (χ3v) is 4.01. The normalized spacial score (nSPS) is 14.7. The van der Waals surface area contributed by atoms with Crippen molar-refractivity contribution in [2.75, 3.05) is 49.6 Å². The van der Waals surface area contributed by atoms with Crippen LogP contribution in [-0.2, 0) is 9.53 Å². The first-order valence-electron chi connectivity index (χ1n) is 8.73. The van der Waals surface area contributed by atoms with Crippen molar-refractivity contribution in [2.24, 2.45) is 0 Å². The Morgan fingerprint density at radius 2 is 2.00 bits per heavy atom. The third kappa shape index (κ3) is 6.20. The summed E-state index contributed by atoms with van der Waals surface area (Å²) in [5, 5.41) is 6.19. The largest absolute Gasteiger partial charge is 0.382 e. The average Bonchev–Trinajstić information content (AvgIpc) is 2.59. The molecule has 2 N–H and O–H groups in total. The zero-order valence-electron chi connectivity index (χ0n) is 14.1. The molecule has 1 saturated heterocycles. The van der Waals surface area contributed by atoms with Crippen LogP contribution in [0.15, 0.2) is 24.3 Å². The van der Waals surface area contributed by atoms with Crippen molar-refractivity contribution < 1.29 is 9.53 Å². The van der Waals surface area contributed by atoms with E-state index in [4.69, 9.17) is 4.74 Å². The summed E-state index contributed by atoms with van der Waals surface area (Å²) in [5.74, 6) is 0.00543. The van der Waals surface area contributed by atoms with E-state index < -0.39 is 0 Å². The van der Waals surface area contributed by atoms with Gasteiger partial charge < -0.3 is 20.3 Å². The summed E-state index contributed by atoms with van der Waals surface area (Å²) >= 11 is 0. The smallest absolute Gasteiger partial charge is 0.238 e. The molecule has 5 nitrogen and oxygen atoms in total. The Hall–Kier alpha value is -1.59. The lowest BCUT2D eigenvalue weighted by molar-refractivity contribution is -0.115. The van der Waals surface area contributed by atoms with Crippen LogP contribution < -0.4 is 15.5 Å². The first kappa shape index (κ1) is 17.8. The number of ether oxygens (including phenoxy) is 1. The molecule has 1 amide bonds. The van der Waals surface area contributed by atoms with Gasteiger partial charge in [-0.3, -0.25) is 4.79 Å². The Bertz CT molecular complexity index is 473. The van der Waals surface area contributed by atoms with Crippen LogP contribution in [0.4, 0.5) is 11.4 Å². The topological polar surface area (TPSA) is 53.6 Å². The summed E-state index contributed by atoms with van der Waals surface area (Å²) in [6.45, 7) is 6.74. The number of rotatable bonds is 9. The van der Waals surface area contributed by atoms with Crippen molar-refractivity contribution in [1.29, 1.82) is 0 Å². The fourth-order valence-electron chi connectivity index (χ4n) is 2.83. The lowest BCUT2D eigenvalue weighted by atomic mass is 10.1. The molecule has 0 radical (unpaired) electrons. The zero-order valence-corrected chi connectivity index (χ0v) is 14.1. The van der Waals surface area contributed by atoms with Gasteiger partial charge in [-0.25, -0.2) is 0 Å². The van der Waals surface area contributed by atoms with Crippen molar-refractivity contribution in [3.05, 3.63) is 24.3 Å². The zero-order chi connectivity index (χ0) is 16.3. The van der Waals surface area contributed by atoms with E-state index in [-0.39, 0.29) is 5.91 Å². The van der Waals surface area contributed by atoms with E-state index in [1.54, 1.807) is 0 Å². The highest BCUT2D eigenvalue weighted by atomic mass is 16.5. The molecule has 1 aliphatic rings. The summed E-state index contributed by atoms with van der Waals surface area (Å²) in [4.78, 5) is 14.5. The Morgan fingerprint density at radius 3 is 2.78 bits per heavy atom. The van der Waals surface area contributed by atoms with Gasteiger partial charge in [0, 0.05) is 26.3 Å². The van der Waals surface area contributed by atoms with Crippen LogP contribution in [0, 0.1) is 0 Å². The highest BCUT2D eigenvalue weighted by molar-refractivity contribution is 5.95. The van der Waals surface area contributed by atoms with Gasteiger partial charge in [0.05, 0.1) is 17.9 Å². The Labute approximate surface area is 139 Å². The molecule has 1 aromatic carbocycles. The van der Waals surface area contributed by atoms with Gasteiger partial charge in [0.2, 0.25) is 5.91 Å². The van der Waals surface area contributed by atoms with Gasteiger partial charge >= 0.3 is 0 Å². The van der Waals surface area contributed by atoms with Crippen molar-refractivity contribution >= 4 is 17.3 Å². The minimum atomic E-state index is 0.00543. The molecule has 23 heavy (non-hydrogen) atoms. The quantitative estimate of drug-likeness (QED) is 0.687. The molecule has 0 spiro atoms. The molecular formula is C18H29N3O2. The fraction of sp³-hybridized carbons (Fsp3) is 0.611. The molecule has 0 atom stereocenters. The maximum Gasteiger partial charge on any atom is 0.238 e. The number of benzene rings is 1. The van der Waals surface area contributed by atoms with Crippen molar-refractivity contribution in [3.63, 3.8) is 0 Å². The number of carbonyl (C=O) groups excluding carboxylic acids is 1. The molecule has 128 valence electrons. The van der Waals surface area contributed by atoms with E-state index in [0.717, 1.165) is 50.6 Å². The van der Waals surface area contributed by atoms with Crippen LogP contribution in [0.5, 0.6) is 0 Å². The number of nitrogens with zero attached hydrogens (tertiary/aromatic N) is 1. The Balaban J connectivity index is 1.79. The van der Waals surface area contributed by atoms with E-state index in [9.17, 15) is 4.79 Å². The van der Waals surface area contributed by atoms with Gasteiger partial charge in [-0.2, -0.15) is 0 Å². The van der Waals surface area contributed by atoms with Gasteiger partial charge in [-0.05, 0) is 51.3 Å².